The highest BCUT2D eigenvalue weighted by molar-refractivity contribution is 5.72. The van der Waals surface area contributed by atoms with Gasteiger partial charge in [0.1, 0.15) is 12.3 Å². The van der Waals surface area contributed by atoms with Crippen molar-refractivity contribution in [2.24, 2.45) is 5.92 Å². The second-order valence-electron chi connectivity index (χ2n) is 4.94. The summed E-state index contributed by atoms with van der Waals surface area (Å²) in [6.07, 6.45) is 1.03. The van der Waals surface area contributed by atoms with Crippen molar-refractivity contribution in [2.45, 2.75) is 25.4 Å². The van der Waals surface area contributed by atoms with Gasteiger partial charge in [-0.15, -0.1) is 0 Å². The molecule has 2 aromatic rings. The van der Waals surface area contributed by atoms with E-state index in [2.05, 4.69) is 9.97 Å². The maximum Gasteiger partial charge on any atom is 0.351 e. The predicted octanol–water partition coefficient (Wildman–Crippen LogP) is -0.322. The smallest absolute Gasteiger partial charge is 0.351 e. The van der Waals surface area contributed by atoms with Crippen LogP contribution in [0.2, 0.25) is 0 Å². The molecule has 1 aliphatic heterocycles. The number of fused-ring (bicyclic) bond motifs is 1. The summed E-state index contributed by atoms with van der Waals surface area (Å²) in [7, 11) is 0. The number of aliphatic hydroxyl groups excluding tert-OH is 2. The van der Waals surface area contributed by atoms with Gasteiger partial charge in [0.25, 0.3) is 0 Å². The average Bonchev–Trinajstić information content (AvgIpc) is 2.74. The molecule has 4 unspecified atom stereocenters. The molecule has 2 N–H and O–H groups in total. The SMILES string of the molecule is CC1C(O)C(CO)OC1n1cc2cccnc2nc1=O. The highest BCUT2D eigenvalue weighted by Crippen LogP contribution is 2.33. The van der Waals surface area contributed by atoms with Crippen molar-refractivity contribution in [2.75, 3.05) is 6.61 Å². The van der Waals surface area contributed by atoms with Crippen molar-refractivity contribution in [3.05, 3.63) is 35.0 Å². The van der Waals surface area contributed by atoms with Gasteiger partial charge in [-0.05, 0) is 12.1 Å². The Kier molecular flexibility index (Phi) is 3.25. The summed E-state index contributed by atoms with van der Waals surface area (Å²) in [5.74, 6) is -0.319. The van der Waals surface area contributed by atoms with Crippen LogP contribution in [0.3, 0.4) is 0 Å². The summed E-state index contributed by atoms with van der Waals surface area (Å²) in [5, 5.41) is 19.8. The molecule has 3 rings (SSSR count). The monoisotopic (exact) mass is 277 g/mol. The summed E-state index contributed by atoms with van der Waals surface area (Å²) in [5.41, 5.74) is -0.113. The molecule has 3 heterocycles. The van der Waals surface area contributed by atoms with Crippen LogP contribution in [0, 0.1) is 5.92 Å². The zero-order chi connectivity index (χ0) is 14.3. The van der Waals surface area contributed by atoms with E-state index in [4.69, 9.17) is 9.84 Å². The van der Waals surface area contributed by atoms with Crippen LogP contribution in [-0.4, -0.2) is 43.6 Å². The van der Waals surface area contributed by atoms with Gasteiger partial charge in [-0.2, -0.15) is 4.98 Å². The maximum absolute atomic E-state index is 12.1. The second kappa shape index (κ2) is 4.93. The molecular formula is C13H15N3O4. The van der Waals surface area contributed by atoms with E-state index >= 15 is 0 Å². The van der Waals surface area contributed by atoms with E-state index in [9.17, 15) is 9.90 Å². The van der Waals surface area contributed by atoms with Gasteiger partial charge in [0.15, 0.2) is 5.65 Å². The fourth-order valence-corrected chi connectivity index (χ4v) is 2.50. The van der Waals surface area contributed by atoms with Crippen LogP contribution in [0.15, 0.2) is 29.3 Å². The molecular weight excluding hydrogens is 262 g/mol. The molecule has 2 aromatic heterocycles. The normalized spacial score (nSPS) is 29.9. The van der Waals surface area contributed by atoms with Crippen molar-refractivity contribution >= 4 is 11.0 Å². The number of ether oxygens (including phenoxy) is 1. The van der Waals surface area contributed by atoms with Crippen molar-refractivity contribution in [1.29, 1.82) is 0 Å². The van der Waals surface area contributed by atoms with Crippen LogP contribution >= 0.6 is 0 Å². The quantitative estimate of drug-likeness (QED) is 0.780. The van der Waals surface area contributed by atoms with Gasteiger partial charge in [0.05, 0.1) is 12.7 Å². The fourth-order valence-electron chi connectivity index (χ4n) is 2.50. The lowest BCUT2D eigenvalue weighted by atomic mass is 10.0. The minimum atomic E-state index is -0.818. The summed E-state index contributed by atoms with van der Waals surface area (Å²) < 4.78 is 6.89. The minimum absolute atomic E-state index is 0.292. The Balaban J connectivity index is 2.06. The first kappa shape index (κ1) is 13.2. The Bertz CT molecular complexity index is 687. The highest BCUT2D eigenvalue weighted by Gasteiger charge is 2.41. The number of rotatable bonds is 2. The maximum atomic E-state index is 12.1. The van der Waals surface area contributed by atoms with E-state index < -0.39 is 24.1 Å². The summed E-state index contributed by atoms with van der Waals surface area (Å²) in [6.45, 7) is 1.48. The first-order valence-electron chi connectivity index (χ1n) is 6.40. The van der Waals surface area contributed by atoms with Crippen molar-refractivity contribution in [1.82, 2.24) is 14.5 Å². The summed E-state index contributed by atoms with van der Waals surface area (Å²) in [6, 6.07) is 3.55. The van der Waals surface area contributed by atoms with Gasteiger partial charge in [0.2, 0.25) is 0 Å². The van der Waals surface area contributed by atoms with E-state index in [1.807, 2.05) is 0 Å². The number of hydrogen-bond donors (Lipinski definition) is 2. The largest absolute Gasteiger partial charge is 0.394 e. The molecule has 7 nitrogen and oxygen atoms in total. The molecule has 20 heavy (non-hydrogen) atoms. The first-order valence-corrected chi connectivity index (χ1v) is 6.40. The lowest BCUT2D eigenvalue weighted by Gasteiger charge is -2.18. The third-order valence-electron chi connectivity index (χ3n) is 3.66. The molecule has 0 amide bonds. The fraction of sp³-hybridized carbons (Fsp3) is 0.462. The van der Waals surface area contributed by atoms with Gasteiger partial charge in [-0.3, -0.25) is 4.57 Å². The lowest BCUT2D eigenvalue weighted by Crippen LogP contribution is -2.30. The third kappa shape index (κ3) is 2.00. The topological polar surface area (TPSA) is 97.5 Å². The highest BCUT2D eigenvalue weighted by atomic mass is 16.5. The Morgan fingerprint density at radius 3 is 3.00 bits per heavy atom. The number of aromatic nitrogens is 3. The van der Waals surface area contributed by atoms with E-state index in [-0.39, 0.29) is 12.5 Å². The van der Waals surface area contributed by atoms with Crippen LogP contribution in [0.25, 0.3) is 11.0 Å². The molecule has 4 atom stereocenters. The Hall–Kier alpha value is -1.83. The van der Waals surface area contributed by atoms with Crippen LogP contribution in [-0.2, 0) is 4.74 Å². The Morgan fingerprint density at radius 1 is 1.50 bits per heavy atom. The first-order chi connectivity index (χ1) is 9.61. The molecule has 0 radical (unpaired) electrons. The van der Waals surface area contributed by atoms with Gasteiger partial charge < -0.3 is 14.9 Å². The van der Waals surface area contributed by atoms with E-state index in [0.29, 0.717) is 11.0 Å². The number of pyridine rings is 1. The van der Waals surface area contributed by atoms with Gasteiger partial charge >= 0.3 is 5.69 Å². The van der Waals surface area contributed by atoms with E-state index in [1.54, 1.807) is 31.5 Å². The van der Waals surface area contributed by atoms with E-state index in [1.165, 1.54) is 4.57 Å². The van der Waals surface area contributed by atoms with Crippen LogP contribution in [0.5, 0.6) is 0 Å². The van der Waals surface area contributed by atoms with Crippen LogP contribution < -0.4 is 5.69 Å². The molecule has 7 heteroatoms. The summed E-state index contributed by atoms with van der Waals surface area (Å²) >= 11 is 0. The Labute approximate surface area is 114 Å². The third-order valence-corrected chi connectivity index (χ3v) is 3.66. The second-order valence-corrected chi connectivity index (χ2v) is 4.94. The summed E-state index contributed by atoms with van der Waals surface area (Å²) in [4.78, 5) is 20.0. The molecule has 0 aliphatic carbocycles. The van der Waals surface area contributed by atoms with Crippen LogP contribution in [0.4, 0.5) is 0 Å². The van der Waals surface area contributed by atoms with E-state index in [0.717, 1.165) is 0 Å². The van der Waals surface area contributed by atoms with Gasteiger partial charge in [-0.1, -0.05) is 6.92 Å². The lowest BCUT2D eigenvalue weighted by molar-refractivity contribution is -0.0474. The van der Waals surface area contributed by atoms with Crippen LogP contribution in [0.1, 0.15) is 13.2 Å². The Morgan fingerprint density at radius 2 is 2.30 bits per heavy atom. The molecule has 106 valence electrons. The molecule has 0 bridgehead atoms. The zero-order valence-corrected chi connectivity index (χ0v) is 10.9. The van der Waals surface area contributed by atoms with Gasteiger partial charge in [-0.25, -0.2) is 9.78 Å². The molecule has 0 saturated carbocycles. The standard InChI is InChI=1S/C13H15N3O4/c1-7-10(18)9(6-17)20-12(7)16-5-8-3-2-4-14-11(8)15-13(16)19/h2-5,7,9-10,12,17-18H,6H2,1H3. The number of nitrogens with zero attached hydrogens (tertiary/aromatic N) is 3. The van der Waals surface area contributed by atoms with Crippen molar-refractivity contribution < 1.29 is 14.9 Å². The molecule has 0 aromatic carbocycles. The average molecular weight is 277 g/mol. The minimum Gasteiger partial charge on any atom is -0.394 e. The molecule has 0 spiro atoms. The predicted molar refractivity (Wildman–Crippen MR) is 70.0 cm³/mol. The van der Waals surface area contributed by atoms with Crippen molar-refractivity contribution in [3.63, 3.8) is 0 Å². The van der Waals surface area contributed by atoms with Gasteiger partial charge in [0, 0.05) is 23.7 Å². The van der Waals surface area contributed by atoms with Crippen molar-refractivity contribution in [3.8, 4) is 0 Å². The zero-order valence-electron chi connectivity index (χ0n) is 10.9. The number of hydrogen-bond acceptors (Lipinski definition) is 6. The number of aliphatic hydroxyl groups is 2. The molecule has 1 fully saturated rings. The molecule has 1 saturated heterocycles. The molecule has 1 aliphatic rings.